The Labute approximate surface area is 169 Å². The van der Waals surface area contributed by atoms with Gasteiger partial charge in [0.25, 0.3) is 5.91 Å². The third-order valence-corrected chi connectivity index (χ3v) is 6.42. The Morgan fingerprint density at radius 1 is 1.37 bits per heavy atom. The molecule has 1 aromatic carbocycles. The van der Waals surface area contributed by atoms with E-state index in [-0.39, 0.29) is 11.7 Å². The predicted molar refractivity (Wildman–Crippen MR) is 112 cm³/mol. The molecule has 1 amide bonds. The molecule has 1 aliphatic heterocycles. The van der Waals surface area contributed by atoms with Crippen LogP contribution in [0.2, 0.25) is 0 Å². The molecule has 3 heterocycles. The second-order valence-electron chi connectivity index (χ2n) is 5.83. The molecule has 0 aliphatic carbocycles. The number of hydrogen-bond donors (Lipinski definition) is 1. The molecule has 8 heteroatoms. The summed E-state index contributed by atoms with van der Waals surface area (Å²) in [6, 6.07) is 9.36. The highest BCUT2D eigenvalue weighted by molar-refractivity contribution is 8.26. The van der Waals surface area contributed by atoms with Crippen LogP contribution in [-0.2, 0) is 11.3 Å². The van der Waals surface area contributed by atoms with Crippen LogP contribution in [0.3, 0.4) is 0 Å². The molecule has 136 valence electrons. The van der Waals surface area contributed by atoms with Crippen LogP contribution in [0.5, 0.6) is 5.75 Å². The van der Waals surface area contributed by atoms with Crippen molar-refractivity contribution in [3.63, 3.8) is 0 Å². The van der Waals surface area contributed by atoms with Gasteiger partial charge in [-0.1, -0.05) is 30.0 Å². The topological polar surface area (TPSA) is 62.4 Å². The second kappa shape index (κ2) is 7.30. The molecule has 3 aromatic rings. The van der Waals surface area contributed by atoms with Crippen molar-refractivity contribution in [1.29, 1.82) is 0 Å². The lowest BCUT2D eigenvalue weighted by atomic mass is 10.1. The van der Waals surface area contributed by atoms with Gasteiger partial charge in [-0.2, -0.15) is 0 Å². The van der Waals surface area contributed by atoms with E-state index < -0.39 is 0 Å². The zero-order valence-corrected chi connectivity index (χ0v) is 16.7. The average molecular weight is 415 g/mol. The van der Waals surface area contributed by atoms with E-state index in [0.717, 1.165) is 27.5 Å². The number of aromatic nitrogens is 1. The number of carbonyl (C=O) groups is 2. The van der Waals surface area contributed by atoms with E-state index in [2.05, 4.69) is 4.98 Å². The Hall–Kier alpha value is -2.42. The SMILES string of the molecule is COc1ccc2[nH]cc(C(=O)/C=C3\SC(=S)N(Cc4cccs4)C3=O)c2c1. The van der Waals surface area contributed by atoms with Gasteiger partial charge in [0.1, 0.15) is 10.1 Å². The normalized spacial score (nSPS) is 15.9. The molecule has 5 nitrogen and oxygen atoms in total. The zero-order valence-electron chi connectivity index (χ0n) is 14.2. The van der Waals surface area contributed by atoms with Crippen molar-refractivity contribution in [2.24, 2.45) is 0 Å². The van der Waals surface area contributed by atoms with Crippen LogP contribution in [0.1, 0.15) is 15.2 Å². The number of methoxy groups -OCH3 is 1. The Morgan fingerprint density at radius 3 is 2.96 bits per heavy atom. The molecule has 1 N–H and O–H groups in total. The van der Waals surface area contributed by atoms with Crippen molar-refractivity contribution < 1.29 is 14.3 Å². The first kappa shape index (κ1) is 18.0. The lowest BCUT2D eigenvalue weighted by molar-refractivity contribution is -0.122. The van der Waals surface area contributed by atoms with Gasteiger partial charge in [0.2, 0.25) is 0 Å². The Morgan fingerprint density at radius 2 is 2.22 bits per heavy atom. The molecule has 0 radical (unpaired) electrons. The van der Waals surface area contributed by atoms with Gasteiger partial charge in [-0.05, 0) is 29.6 Å². The molecule has 4 rings (SSSR count). The van der Waals surface area contributed by atoms with Gasteiger partial charge >= 0.3 is 0 Å². The number of aromatic amines is 1. The fourth-order valence-corrected chi connectivity index (χ4v) is 4.74. The number of H-pyrrole nitrogens is 1. The lowest BCUT2D eigenvalue weighted by Gasteiger charge is -2.12. The predicted octanol–water partition coefficient (Wildman–Crippen LogP) is 4.37. The summed E-state index contributed by atoms with van der Waals surface area (Å²) >= 11 is 8.06. The van der Waals surface area contributed by atoms with E-state index in [0.29, 0.717) is 27.1 Å². The van der Waals surface area contributed by atoms with Crippen molar-refractivity contribution in [2.75, 3.05) is 7.11 Å². The fourth-order valence-electron chi connectivity index (χ4n) is 2.82. The lowest BCUT2D eigenvalue weighted by Crippen LogP contribution is -2.27. The molecular formula is C19H14N2O3S3. The van der Waals surface area contributed by atoms with Crippen LogP contribution in [-0.4, -0.2) is 33.0 Å². The van der Waals surface area contributed by atoms with Crippen LogP contribution < -0.4 is 4.74 Å². The van der Waals surface area contributed by atoms with Crippen molar-refractivity contribution in [2.45, 2.75) is 6.54 Å². The minimum Gasteiger partial charge on any atom is -0.497 e. The summed E-state index contributed by atoms with van der Waals surface area (Å²) in [6.07, 6.45) is 3.02. The van der Waals surface area contributed by atoms with Gasteiger partial charge in [-0.15, -0.1) is 11.3 Å². The molecule has 27 heavy (non-hydrogen) atoms. The molecule has 0 saturated carbocycles. The van der Waals surface area contributed by atoms with E-state index in [1.165, 1.54) is 11.0 Å². The Bertz CT molecular complexity index is 1080. The summed E-state index contributed by atoms with van der Waals surface area (Å²) in [5, 5.41) is 2.71. The minimum atomic E-state index is -0.244. The maximum atomic E-state index is 12.8. The van der Waals surface area contributed by atoms with Crippen molar-refractivity contribution in [3.8, 4) is 5.75 Å². The highest BCUT2D eigenvalue weighted by Crippen LogP contribution is 2.33. The van der Waals surface area contributed by atoms with Gasteiger partial charge in [0, 0.05) is 33.6 Å². The first-order chi connectivity index (χ1) is 13.1. The molecule has 1 aliphatic rings. The summed E-state index contributed by atoms with van der Waals surface area (Å²) in [5.74, 6) is 0.189. The van der Waals surface area contributed by atoms with Crippen molar-refractivity contribution >= 4 is 62.2 Å². The minimum absolute atomic E-state index is 0.232. The average Bonchev–Trinajstić information content (AvgIpc) is 3.38. The summed E-state index contributed by atoms with van der Waals surface area (Å²) in [7, 11) is 1.58. The first-order valence-corrected chi connectivity index (χ1v) is 10.1. The van der Waals surface area contributed by atoms with Crippen LogP contribution in [0, 0.1) is 0 Å². The summed E-state index contributed by atoms with van der Waals surface area (Å²) in [5.41, 5.74) is 1.32. The number of carbonyl (C=O) groups excluding carboxylic acids is 2. The number of ether oxygens (including phenoxy) is 1. The first-order valence-electron chi connectivity index (χ1n) is 8.04. The number of fused-ring (bicyclic) bond motifs is 1. The third kappa shape index (κ3) is 3.43. The number of rotatable bonds is 5. The van der Waals surface area contributed by atoms with E-state index in [1.54, 1.807) is 30.7 Å². The number of hydrogen-bond acceptors (Lipinski definition) is 6. The molecule has 2 aromatic heterocycles. The summed E-state index contributed by atoms with van der Waals surface area (Å²) < 4.78 is 5.70. The number of thiocarbonyl (C=S) groups is 1. The van der Waals surface area contributed by atoms with Gasteiger partial charge < -0.3 is 9.72 Å². The smallest absolute Gasteiger partial charge is 0.266 e. The van der Waals surface area contributed by atoms with E-state index in [9.17, 15) is 9.59 Å². The number of nitrogens with one attached hydrogen (secondary N) is 1. The van der Waals surface area contributed by atoms with E-state index in [1.807, 2.05) is 29.6 Å². The molecule has 1 saturated heterocycles. The van der Waals surface area contributed by atoms with Crippen LogP contribution in [0.4, 0.5) is 0 Å². The van der Waals surface area contributed by atoms with E-state index >= 15 is 0 Å². The number of allylic oxidation sites excluding steroid dienone is 1. The molecule has 0 atom stereocenters. The van der Waals surface area contributed by atoms with Gasteiger partial charge in [0.05, 0.1) is 18.6 Å². The fraction of sp³-hybridized carbons (Fsp3) is 0.105. The molecular weight excluding hydrogens is 400 g/mol. The second-order valence-corrected chi connectivity index (χ2v) is 8.53. The number of amides is 1. The Kier molecular flexibility index (Phi) is 4.86. The molecule has 0 bridgehead atoms. The highest BCUT2D eigenvalue weighted by atomic mass is 32.2. The quantitative estimate of drug-likeness (QED) is 0.382. The van der Waals surface area contributed by atoms with Gasteiger partial charge in [-0.25, -0.2) is 0 Å². The van der Waals surface area contributed by atoms with Gasteiger partial charge in [0.15, 0.2) is 5.78 Å². The maximum Gasteiger partial charge on any atom is 0.266 e. The monoisotopic (exact) mass is 414 g/mol. The molecule has 0 spiro atoms. The number of thiophene rings is 1. The number of nitrogens with zero attached hydrogens (tertiary/aromatic N) is 1. The third-order valence-electron chi connectivity index (χ3n) is 4.18. The summed E-state index contributed by atoms with van der Waals surface area (Å²) in [6.45, 7) is 0.429. The largest absolute Gasteiger partial charge is 0.497 e. The zero-order chi connectivity index (χ0) is 19.0. The maximum absolute atomic E-state index is 12.8. The Balaban J connectivity index is 1.61. The van der Waals surface area contributed by atoms with Crippen LogP contribution >= 0.6 is 35.3 Å². The van der Waals surface area contributed by atoms with Crippen molar-refractivity contribution in [1.82, 2.24) is 9.88 Å². The standard InChI is InChI=1S/C19H14N2O3S3/c1-24-11-4-5-15-13(7-11)14(9-20-15)16(22)8-17-18(23)21(19(25)27-17)10-12-3-2-6-26-12/h2-9,20H,10H2,1H3/b17-8-. The summed E-state index contributed by atoms with van der Waals surface area (Å²) in [4.78, 5) is 31.5. The van der Waals surface area contributed by atoms with E-state index in [4.69, 9.17) is 17.0 Å². The van der Waals surface area contributed by atoms with Crippen molar-refractivity contribution in [3.05, 3.63) is 63.3 Å². The molecule has 1 fully saturated rings. The number of thioether (sulfide) groups is 1. The van der Waals surface area contributed by atoms with Crippen LogP contribution in [0.15, 0.2) is 52.9 Å². The molecule has 0 unspecified atom stereocenters. The number of ketones is 1. The van der Waals surface area contributed by atoms with Gasteiger partial charge in [-0.3, -0.25) is 14.5 Å². The van der Waals surface area contributed by atoms with Crippen LogP contribution in [0.25, 0.3) is 10.9 Å². The number of benzene rings is 1. The highest BCUT2D eigenvalue weighted by Gasteiger charge is 2.33.